The highest BCUT2D eigenvalue weighted by Crippen LogP contribution is 2.16. The normalized spacial score (nSPS) is 18.6. The van der Waals surface area contributed by atoms with Gasteiger partial charge in [0.15, 0.2) is 0 Å². The fraction of sp³-hybridized carbons (Fsp3) is 0.538. The van der Waals surface area contributed by atoms with Crippen molar-refractivity contribution in [1.82, 2.24) is 9.62 Å². The first kappa shape index (κ1) is 16.2. The zero-order valence-electron chi connectivity index (χ0n) is 11.9. The van der Waals surface area contributed by atoms with Crippen LogP contribution in [0.15, 0.2) is 23.1 Å². The van der Waals surface area contributed by atoms with Crippen LogP contribution in [0.4, 0.5) is 10.1 Å². The number of nitrogen functional groups attached to an aromatic ring is 1. The second-order valence-corrected chi connectivity index (χ2v) is 6.87. The quantitative estimate of drug-likeness (QED) is 0.768. The fourth-order valence-corrected chi connectivity index (χ4v) is 3.58. The molecule has 1 atom stereocenters. The highest BCUT2D eigenvalue weighted by molar-refractivity contribution is 7.89. The molecular weight excluding hydrogens is 297 g/mol. The smallest absolute Gasteiger partial charge is 0.241 e. The van der Waals surface area contributed by atoms with E-state index in [2.05, 4.69) is 9.62 Å². The van der Waals surface area contributed by atoms with E-state index in [-0.39, 0.29) is 16.6 Å². The van der Waals surface area contributed by atoms with Gasteiger partial charge in [0.05, 0.1) is 18.1 Å². The molecule has 1 fully saturated rings. The first-order valence-electron chi connectivity index (χ1n) is 6.75. The van der Waals surface area contributed by atoms with Crippen molar-refractivity contribution in [3.05, 3.63) is 24.0 Å². The van der Waals surface area contributed by atoms with Crippen LogP contribution in [0.1, 0.15) is 6.92 Å². The van der Waals surface area contributed by atoms with Crippen molar-refractivity contribution in [2.75, 3.05) is 38.6 Å². The largest absolute Gasteiger partial charge is 0.399 e. The van der Waals surface area contributed by atoms with Gasteiger partial charge in [-0.2, -0.15) is 0 Å². The Morgan fingerprint density at radius 2 is 2.05 bits per heavy atom. The van der Waals surface area contributed by atoms with E-state index in [1.165, 1.54) is 6.07 Å². The molecule has 1 aliphatic heterocycles. The lowest BCUT2D eigenvalue weighted by Crippen LogP contribution is -2.45. The number of halogens is 1. The average molecular weight is 317 g/mol. The lowest BCUT2D eigenvalue weighted by molar-refractivity contribution is 0.0354. The molecule has 0 aliphatic carbocycles. The summed E-state index contributed by atoms with van der Waals surface area (Å²) in [4.78, 5) is 1.96. The van der Waals surface area contributed by atoms with Crippen LogP contribution in [0.25, 0.3) is 0 Å². The van der Waals surface area contributed by atoms with Gasteiger partial charge in [-0.15, -0.1) is 0 Å². The zero-order chi connectivity index (χ0) is 15.5. The Hall–Kier alpha value is -1.22. The van der Waals surface area contributed by atoms with E-state index >= 15 is 0 Å². The minimum atomic E-state index is -3.78. The van der Waals surface area contributed by atoms with Crippen molar-refractivity contribution in [2.45, 2.75) is 17.9 Å². The maximum Gasteiger partial charge on any atom is 0.241 e. The van der Waals surface area contributed by atoms with Gasteiger partial charge in [-0.3, -0.25) is 4.90 Å². The number of nitrogens with one attached hydrogen (secondary N) is 1. The highest BCUT2D eigenvalue weighted by Gasteiger charge is 2.21. The Morgan fingerprint density at radius 1 is 1.38 bits per heavy atom. The lowest BCUT2D eigenvalue weighted by atomic mass is 10.3. The van der Waals surface area contributed by atoms with Crippen LogP contribution in [-0.4, -0.2) is 52.2 Å². The van der Waals surface area contributed by atoms with Crippen LogP contribution in [0.5, 0.6) is 0 Å². The molecule has 0 bridgehead atoms. The summed E-state index contributed by atoms with van der Waals surface area (Å²) < 4.78 is 45.5. The van der Waals surface area contributed by atoms with Gasteiger partial charge in [0.2, 0.25) is 10.0 Å². The fourth-order valence-electron chi connectivity index (χ4n) is 2.28. The van der Waals surface area contributed by atoms with Crippen LogP contribution in [-0.2, 0) is 14.8 Å². The van der Waals surface area contributed by atoms with Gasteiger partial charge in [0.1, 0.15) is 5.82 Å². The molecule has 2 rings (SSSR count). The molecule has 6 nitrogen and oxygen atoms in total. The van der Waals surface area contributed by atoms with E-state index in [4.69, 9.17) is 10.5 Å². The number of nitrogens with zero attached hydrogens (tertiary/aromatic N) is 1. The SMILES string of the molecule is CC(CN1CCOCC1)NS(=O)(=O)c1cc(N)cc(F)c1. The van der Waals surface area contributed by atoms with Gasteiger partial charge < -0.3 is 10.5 Å². The number of ether oxygens (including phenoxy) is 1. The van der Waals surface area contributed by atoms with Gasteiger partial charge in [-0.05, 0) is 25.1 Å². The Morgan fingerprint density at radius 3 is 2.67 bits per heavy atom. The van der Waals surface area contributed by atoms with Gasteiger partial charge in [-0.25, -0.2) is 17.5 Å². The van der Waals surface area contributed by atoms with Gasteiger partial charge >= 0.3 is 0 Å². The van der Waals surface area contributed by atoms with E-state index in [9.17, 15) is 12.8 Å². The number of sulfonamides is 1. The number of morpholine rings is 1. The van der Waals surface area contributed by atoms with E-state index < -0.39 is 15.8 Å². The number of hydrogen-bond acceptors (Lipinski definition) is 5. The van der Waals surface area contributed by atoms with E-state index in [0.29, 0.717) is 19.8 Å². The average Bonchev–Trinajstić information content (AvgIpc) is 2.37. The second kappa shape index (κ2) is 6.69. The third-order valence-electron chi connectivity index (χ3n) is 3.20. The van der Waals surface area contributed by atoms with Crippen molar-refractivity contribution >= 4 is 15.7 Å². The predicted molar refractivity (Wildman–Crippen MR) is 77.9 cm³/mol. The van der Waals surface area contributed by atoms with Crippen molar-refractivity contribution in [3.63, 3.8) is 0 Å². The lowest BCUT2D eigenvalue weighted by Gasteiger charge is -2.29. The van der Waals surface area contributed by atoms with Crippen molar-refractivity contribution < 1.29 is 17.5 Å². The summed E-state index contributed by atoms with van der Waals surface area (Å²) in [5.74, 6) is -0.670. The molecule has 3 N–H and O–H groups in total. The Labute approximate surface area is 124 Å². The summed E-state index contributed by atoms with van der Waals surface area (Å²) in [6.45, 7) is 5.21. The molecule has 1 heterocycles. The Bertz CT molecular complexity index is 568. The van der Waals surface area contributed by atoms with Gasteiger partial charge in [-0.1, -0.05) is 0 Å². The monoisotopic (exact) mass is 317 g/mol. The van der Waals surface area contributed by atoms with Crippen LogP contribution in [0, 0.1) is 5.82 Å². The van der Waals surface area contributed by atoms with Crippen LogP contribution in [0.3, 0.4) is 0 Å². The number of rotatable bonds is 5. The topological polar surface area (TPSA) is 84.7 Å². The van der Waals surface area contributed by atoms with E-state index in [0.717, 1.165) is 25.2 Å². The molecule has 1 aromatic rings. The van der Waals surface area contributed by atoms with Crippen LogP contribution >= 0.6 is 0 Å². The van der Waals surface area contributed by atoms with Gasteiger partial charge in [0, 0.05) is 31.4 Å². The molecule has 1 unspecified atom stereocenters. The molecule has 0 aromatic heterocycles. The standard InChI is InChI=1S/C13H20FN3O3S/c1-10(9-17-2-4-20-5-3-17)16-21(18,19)13-7-11(14)6-12(15)8-13/h6-8,10,16H,2-5,9,15H2,1H3. The van der Waals surface area contributed by atoms with E-state index in [1.54, 1.807) is 6.92 Å². The summed E-state index contributed by atoms with van der Waals surface area (Å²) in [6.07, 6.45) is 0. The molecule has 1 aromatic carbocycles. The number of anilines is 1. The summed E-state index contributed by atoms with van der Waals surface area (Å²) in [5, 5.41) is 0. The molecule has 0 amide bonds. The van der Waals surface area contributed by atoms with Crippen molar-refractivity contribution in [3.8, 4) is 0 Å². The van der Waals surface area contributed by atoms with Crippen LogP contribution in [0.2, 0.25) is 0 Å². The molecule has 118 valence electrons. The van der Waals surface area contributed by atoms with Gasteiger partial charge in [0.25, 0.3) is 0 Å². The van der Waals surface area contributed by atoms with Crippen molar-refractivity contribution in [1.29, 1.82) is 0 Å². The second-order valence-electron chi connectivity index (χ2n) is 5.16. The first-order valence-corrected chi connectivity index (χ1v) is 8.23. The maximum absolute atomic E-state index is 13.3. The number of benzene rings is 1. The third kappa shape index (κ3) is 4.63. The molecule has 1 aliphatic rings. The molecule has 0 radical (unpaired) electrons. The number of nitrogens with two attached hydrogens (primary N) is 1. The molecule has 0 spiro atoms. The number of hydrogen-bond donors (Lipinski definition) is 2. The zero-order valence-corrected chi connectivity index (χ0v) is 12.7. The summed E-state index contributed by atoms with van der Waals surface area (Å²) in [6, 6.07) is 2.99. The van der Waals surface area contributed by atoms with Crippen molar-refractivity contribution in [2.24, 2.45) is 0 Å². The third-order valence-corrected chi connectivity index (χ3v) is 4.77. The summed E-state index contributed by atoms with van der Waals surface area (Å²) >= 11 is 0. The summed E-state index contributed by atoms with van der Waals surface area (Å²) in [7, 11) is -3.78. The minimum absolute atomic E-state index is 0.0798. The minimum Gasteiger partial charge on any atom is -0.399 e. The van der Waals surface area contributed by atoms with Crippen LogP contribution < -0.4 is 10.5 Å². The first-order chi connectivity index (χ1) is 9.87. The Kier molecular flexibility index (Phi) is 5.15. The molecule has 0 saturated carbocycles. The molecule has 1 saturated heterocycles. The molecular formula is C13H20FN3O3S. The summed E-state index contributed by atoms with van der Waals surface area (Å²) in [5.41, 5.74) is 5.56. The maximum atomic E-state index is 13.3. The predicted octanol–water partition coefficient (Wildman–Crippen LogP) is 0.407. The Balaban J connectivity index is 2.02. The highest BCUT2D eigenvalue weighted by atomic mass is 32.2. The molecule has 8 heteroatoms. The molecule has 21 heavy (non-hydrogen) atoms. The van der Waals surface area contributed by atoms with E-state index in [1.807, 2.05) is 0 Å².